The van der Waals surface area contributed by atoms with E-state index < -0.39 is 0 Å². The zero-order chi connectivity index (χ0) is 22.0. The maximum Gasteiger partial charge on any atom is 0.104 e. The van der Waals surface area contributed by atoms with Crippen molar-refractivity contribution in [3.05, 3.63) is 0 Å². The Kier molecular flexibility index (Phi) is 26.8. The van der Waals surface area contributed by atoms with Crippen molar-refractivity contribution in [2.45, 2.75) is 142 Å². The van der Waals surface area contributed by atoms with E-state index >= 15 is 0 Å². The van der Waals surface area contributed by atoms with Crippen molar-refractivity contribution in [1.82, 2.24) is 0 Å². The Bertz CT molecular complexity index is 276. The van der Waals surface area contributed by atoms with Gasteiger partial charge in [0.1, 0.15) is 6.10 Å². The Balaban J connectivity index is 3.81. The van der Waals surface area contributed by atoms with Crippen LogP contribution in [0.2, 0.25) is 0 Å². The van der Waals surface area contributed by atoms with Gasteiger partial charge < -0.3 is 14.2 Å². The van der Waals surface area contributed by atoms with E-state index in [4.69, 9.17) is 14.2 Å². The second-order valence-electron chi connectivity index (χ2n) is 8.95. The van der Waals surface area contributed by atoms with Crippen LogP contribution in [0.4, 0.5) is 0 Å². The van der Waals surface area contributed by atoms with Gasteiger partial charge in [-0.05, 0) is 19.3 Å². The van der Waals surface area contributed by atoms with Crippen molar-refractivity contribution >= 4 is 0 Å². The first-order valence-corrected chi connectivity index (χ1v) is 13.6. The van der Waals surface area contributed by atoms with Gasteiger partial charge in [-0.25, -0.2) is 0 Å². The molecule has 0 atom stereocenters. The molecular formula is C27H56O3. The van der Waals surface area contributed by atoms with Gasteiger partial charge in [0, 0.05) is 19.8 Å². The van der Waals surface area contributed by atoms with Crippen molar-refractivity contribution in [2.75, 3.05) is 33.0 Å². The third kappa shape index (κ3) is 24.2. The van der Waals surface area contributed by atoms with E-state index in [9.17, 15) is 0 Å². The van der Waals surface area contributed by atoms with E-state index in [0.29, 0.717) is 13.2 Å². The lowest BCUT2D eigenvalue weighted by atomic mass is 10.1. The van der Waals surface area contributed by atoms with E-state index in [2.05, 4.69) is 20.8 Å². The first-order valence-electron chi connectivity index (χ1n) is 13.6. The minimum Gasteiger partial charge on any atom is -0.379 e. The van der Waals surface area contributed by atoms with Crippen LogP contribution in [0, 0.1) is 0 Å². The molecule has 0 saturated heterocycles. The first-order chi connectivity index (χ1) is 14.8. The number of ether oxygens (including phenoxy) is 3. The molecule has 30 heavy (non-hydrogen) atoms. The molecule has 0 saturated carbocycles. The maximum absolute atomic E-state index is 6.12. The Morgan fingerprint density at radius 3 is 1.13 bits per heavy atom. The van der Waals surface area contributed by atoms with Gasteiger partial charge in [0.15, 0.2) is 0 Å². The summed E-state index contributed by atoms with van der Waals surface area (Å²) in [4.78, 5) is 0. The molecule has 3 nitrogen and oxygen atoms in total. The molecule has 0 fully saturated rings. The molecule has 0 spiro atoms. The lowest BCUT2D eigenvalue weighted by molar-refractivity contribution is -0.0616. The SMILES string of the molecule is CCCCCCCCOCC(COCCCCCCCC)OCCCCCCCC. The summed E-state index contributed by atoms with van der Waals surface area (Å²) in [5.74, 6) is 0. The van der Waals surface area contributed by atoms with Crippen LogP contribution >= 0.6 is 0 Å². The van der Waals surface area contributed by atoms with Crippen LogP contribution in [0.15, 0.2) is 0 Å². The lowest BCUT2D eigenvalue weighted by Crippen LogP contribution is -2.26. The fourth-order valence-corrected chi connectivity index (χ4v) is 3.68. The van der Waals surface area contributed by atoms with E-state index in [1.807, 2.05) is 0 Å². The van der Waals surface area contributed by atoms with Crippen LogP contribution in [0.5, 0.6) is 0 Å². The standard InChI is InChI=1S/C27H56O3/c1-4-7-10-13-16-19-22-28-25-27(30-24-21-18-15-12-9-6-3)26-29-23-20-17-14-11-8-5-2/h27H,4-26H2,1-3H3. The third-order valence-electron chi connectivity index (χ3n) is 5.74. The van der Waals surface area contributed by atoms with Crippen molar-refractivity contribution in [3.8, 4) is 0 Å². The fraction of sp³-hybridized carbons (Fsp3) is 1.00. The van der Waals surface area contributed by atoms with E-state index in [-0.39, 0.29) is 6.10 Å². The summed E-state index contributed by atoms with van der Waals surface area (Å²) in [5, 5.41) is 0. The second kappa shape index (κ2) is 26.9. The van der Waals surface area contributed by atoms with Crippen molar-refractivity contribution in [2.24, 2.45) is 0 Å². The predicted molar refractivity (Wildman–Crippen MR) is 132 cm³/mol. The van der Waals surface area contributed by atoms with Crippen LogP contribution in [0.3, 0.4) is 0 Å². The van der Waals surface area contributed by atoms with Gasteiger partial charge in [-0.2, -0.15) is 0 Å². The molecule has 0 heterocycles. The Hall–Kier alpha value is -0.120. The average molecular weight is 429 g/mol. The molecule has 182 valence electrons. The molecule has 0 bridgehead atoms. The fourth-order valence-electron chi connectivity index (χ4n) is 3.68. The second-order valence-corrected chi connectivity index (χ2v) is 8.95. The molecule has 0 aromatic rings. The summed E-state index contributed by atoms with van der Waals surface area (Å²) in [6, 6.07) is 0. The summed E-state index contributed by atoms with van der Waals surface area (Å²) < 4.78 is 18.0. The molecule has 0 radical (unpaired) electrons. The van der Waals surface area contributed by atoms with Crippen LogP contribution in [-0.4, -0.2) is 39.1 Å². The maximum atomic E-state index is 6.12. The van der Waals surface area contributed by atoms with Gasteiger partial charge in [-0.1, -0.05) is 117 Å². The Morgan fingerprint density at radius 1 is 0.400 bits per heavy atom. The highest BCUT2D eigenvalue weighted by Crippen LogP contribution is 2.09. The van der Waals surface area contributed by atoms with Crippen molar-refractivity contribution in [3.63, 3.8) is 0 Å². The molecular weight excluding hydrogens is 372 g/mol. The van der Waals surface area contributed by atoms with Crippen LogP contribution < -0.4 is 0 Å². The number of hydrogen-bond acceptors (Lipinski definition) is 3. The van der Waals surface area contributed by atoms with Crippen LogP contribution in [0.1, 0.15) is 136 Å². The van der Waals surface area contributed by atoms with Crippen LogP contribution in [0.25, 0.3) is 0 Å². The molecule has 0 aliphatic heterocycles. The Labute approximate surface area is 190 Å². The monoisotopic (exact) mass is 428 g/mol. The summed E-state index contributed by atoms with van der Waals surface area (Å²) >= 11 is 0. The van der Waals surface area contributed by atoms with Gasteiger partial charge in [0.05, 0.1) is 13.2 Å². The number of hydrogen-bond donors (Lipinski definition) is 0. The van der Waals surface area contributed by atoms with Crippen LogP contribution in [-0.2, 0) is 14.2 Å². The van der Waals surface area contributed by atoms with E-state index in [0.717, 1.165) is 26.2 Å². The highest BCUT2D eigenvalue weighted by molar-refractivity contribution is 4.57. The van der Waals surface area contributed by atoms with Gasteiger partial charge in [-0.15, -0.1) is 0 Å². The van der Waals surface area contributed by atoms with Crippen molar-refractivity contribution < 1.29 is 14.2 Å². The quantitative estimate of drug-likeness (QED) is 0.129. The molecule has 0 aliphatic carbocycles. The molecule has 0 unspecified atom stereocenters. The van der Waals surface area contributed by atoms with Gasteiger partial charge >= 0.3 is 0 Å². The minimum atomic E-state index is 0.0980. The lowest BCUT2D eigenvalue weighted by Gasteiger charge is -2.18. The van der Waals surface area contributed by atoms with E-state index in [1.54, 1.807) is 0 Å². The van der Waals surface area contributed by atoms with Gasteiger partial charge in [0.2, 0.25) is 0 Å². The normalized spacial score (nSPS) is 11.6. The van der Waals surface area contributed by atoms with Crippen molar-refractivity contribution in [1.29, 1.82) is 0 Å². The summed E-state index contributed by atoms with van der Waals surface area (Å²) in [6.45, 7) is 10.7. The highest BCUT2D eigenvalue weighted by Gasteiger charge is 2.10. The molecule has 0 aliphatic rings. The topological polar surface area (TPSA) is 27.7 Å². The number of rotatable bonds is 26. The third-order valence-corrected chi connectivity index (χ3v) is 5.74. The minimum absolute atomic E-state index is 0.0980. The smallest absolute Gasteiger partial charge is 0.104 e. The summed E-state index contributed by atoms with van der Waals surface area (Å²) in [7, 11) is 0. The van der Waals surface area contributed by atoms with Gasteiger partial charge in [0.25, 0.3) is 0 Å². The van der Waals surface area contributed by atoms with Gasteiger partial charge in [-0.3, -0.25) is 0 Å². The average Bonchev–Trinajstić information content (AvgIpc) is 2.76. The zero-order valence-corrected chi connectivity index (χ0v) is 21.1. The largest absolute Gasteiger partial charge is 0.379 e. The predicted octanol–water partition coefficient (Wildman–Crippen LogP) is 8.49. The molecule has 0 N–H and O–H groups in total. The molecule has 0 aromatic heterocycles. The molecule has 0 rings (SSSR count). The summed E-state index contributed by atoms with van der Waals surface area (Å²) in [5.41, 5.74) is 0. The Morgan fingerprint density at radius 2 is 0.733 bits per heavy atom. The first kappa shape index (κ1) is 29.9. The summed E-state index contributed by atoms with van der Waals surface area (Å²) in [6.07, 6.45) is 23.6. The zero-order valence-electron chi connectivity index (χ0n) is 21.1. The molecule has 3 heteroatoms. The molecule has 0 amide bonds. The van der Waals surface area contributed by atoms with E-state index in [1.165, 1.54) is 109 Å². The molecule has 0 aromatic carbocycles. The number of unbranched alkanes of at least 4 members (excludes halogenated alkanes) is 15. The highest BCUT2D eigenvalue weighted by atomic mass is 16.6.